The summed E-state index contributed by atoms with van der Waals surface area (Å²) >= 11 is 0. The second-order valence-electron chi connectivity index (χ2n) is 4.61. The molecule has 0 fully saturated rings. The van der Waals surface area contributed by atoms with E-state index in [9.17, 15) is 9.90 Å². The fraction of sp³-hybridized carbons (Fsp3) is 0.583. The van der Waals surface area contributed by atoms with Crippen LogP contribution in [-0.2, 0) is 16.1 Å². The van der Waals surface area contributed by atoms with Crippen LogP contribution in [0.15, 0.2) is 18.3 Å². The zero-order valence-electron chi connectivity index (χ0n) is 10.2. The maximum absolute atomic E-state index is 11.5. The van der Waals surface area contributed by atoms with Gasteiger partial charge in [-0.1, -0.05) is 0 Å². The van der Waals surface area contributed by atoms with Gasteiger partial charge in [0.2, 0.25) is 0 Å². The van der Waals surface area contributed by atoms with E-state index in [1.807, 2.05) is 36.7 Å². The molecule has 16 heavy (non-hydrogen) atoms. The van der Waals surface area contributed by atoms with E-state index >= 15 is 0 Å². The monoisotopic (exact) mass is 225 g/mol. The fourth-order valence-corrected chi connectivity index (χ4v) is 1.72. The fourth-order valence-electron chi connectivity index (χ4n) is 1.72. The van der Waals surface area contributed by atoms with Crippen molar-refractivity contribution in [3.8, 4) is 0 Å². The topological polar surface area (TPSA) is 51.5 Å². The third-order valence-electron chi connectivity index (χ3n) is 2.60. The molecule has 4 nitrogen and oxygen atoms in total. The normalized spacial score (nSPS) is 13.6. The molecule has 0 aliphatic carbocycles. The molecule has 0 amide bonds. The Morgan fingerprint density at radius 1 is 1.62 bits per heavy atom. The average Bonchev–Trinajstić information content (AvgIpc) is 2.63. The van der Waals surface area contributed by atoms with Crippen molar-refractivity contribution in [2.24, 2.45) is 5.41 Å². The number of aliphatic hydroxyl groups excluding tert-OH is 1. The van der Waals surface area contributed by atoms with Gasteiger partial charge in [0.25, 0.3) is 0 Å². The zero-order chi connectivity index (χ0) is 12.3. The number of carbonyl (C=O) groups excluding carboxylic acids is 1. The summed E-state index contributed by atoms with van der Waals surface area (Å²) in [4.78, 5) is 11.5. The van der Waals surface area contributed by atoms with Crippen molar-refractivity contribution < 1.29 is 14.6 Å². The highest BCUT2D eigenvalue weighted by Crippen LogP contribution is 2.23. The molecule has 0 saturated heterocycles. The first-order valence-corrected chi connectivity index (χ1v) is 5.30. The lowest BCUT2D eigenvalue weighted by Crippen LogP contribution is -2.31. The van der Waals surface area contributed by atoms with E-state index < -0.39 is 11.5 Å². The van der Waals surface area contributed by atoms with Crippen LogP contribution < -0.4 is 0 Å². The number of nitrogens with zero attached hydrogens (tertiary/aromatic N) is 1. The van der Waals surface area contributed by atoms with E-state index in [1.54, 1.807) is 6.92 Å². The van der Waals surface area contributed by atoms with Crippen molar-refractivity contribution in [1.29, 1.82) is 0 Å². The van der Waals surface area contributed by atoms with Gasteiger partial charge in [-0.25, -0.2) is 0 Å². The van der Waals surface area contributed by atoms with Crippen molar-refractivity contribution in [1.82, 2.24) is 4.57 Å². The highest BCUT2D eigenvalue weighted by molar-refractivity contribution is 5.75. The standard InChI is InChI=1S/C12H19NO3/c1-9(14)10-6-5-7-13(10)8-12(2,3)11(15)16-4/h5-7,9,14H,8H2,1-4H3. The average molecular weight is 225 g/mol. The third-order valence-corrected chi connectivity index (χ3v) is 2.60. The second-order valence-corrected chi connectivity index (χ2v) is 4.61. The molecule has 1 atom stereocenters. The summed E-state index contributed by atoms with van der Waals surface area (Å²) in [6, 6.07) is 3.70. The lowest BCUT2D eigenvalue weighted by atomic mass is 9.93. The number of carbonyl (C=O) groups is 1. The van der Waals surface area contributed by atoms with Crippen LogP contribution in [0.2, 0.25) is 0 Å². The maximum Gasteiger partial charge on any atom is 0.313 e. The second kappa shape index (κ2) is 4.70. The Kier molecular flexibility index (Phi) is 3.75. The summed E-state index contributed by atoms with van der Waals surface area (Å²) in [6.07, 6.45) is 1.32. The molecule has 1 aromatic heterocycles. The van der Waals surface area contributed by atoms with Crippen LogP contribution in [0.5, 0.6) is 0 Å². The summed E-state index contributed by atoms with van der Waals surface area (Å²) < 4.78 is 6.63. The minimum absolute atomic E-state index is 0.252. The van der Waals surface area contributed by atoms with Crippen molar-refractivity contribution in [3.63, 3.8) is 0 Å². The Morgan fingerprint density at radius 3 is 2.75 bits per heavy atom. The van der Waals surface area contributed by atoms with Gasteiger partial charge in [-0.3, -0.25) is 4.79 Å². The van der Waals surface area contributed by atoms with Gasteiger partial charge in [-0.05, 0) is 32.9 Å². The van der Waals surface area contributed by atoms with Crippen LogP contribution in [0.25, 0.3) is 0 Å². The first kappa shape index (κ1) is 12.8. The molecule has 0 aliphatic rings. The van der Waals surface area contributed by atoms with Crippen LogP contribution in [0, 0.1) is 5.41 Å². The molecule has 0 aromatic carbocycles. The Balaban J connectivity index is 2.88. The first-order chi connectivity index (χ1) is 7.38. The van der Waals surface area contributed by atoms with Gasteiger partial charge in [0.05, 0.1) is 18.6 Å². The maximum atomic E-state index is 11.5. The molecule has 1 heterocycles. The predicted octanol–water partition coefficient (Wildman–Crippen LogP) is 1.74. The van der Waals surface area contributed by atoms with Gasteiger partial charge in [-0.2, -0.15) is 0 Å². The first-order valence-electron chi connectivity index (χ1n) is 5.30. The molecule has 0 radical (unpaired) electrons. The smallest absolute Gasteiger partial charge is 0.313 e. The lowest BCUT2D eigenvalue weighted by Gasteiger charge is -2.24. The van der Waals surface area contributed by atoms with Gasteiger partial charge in [-0.15, -0.1) is 0 Å². The minimum atomic E-state index is -0.600. The van der Waals surface area contributed by atoms with Crippen molar-refractivity contribution in [2.75, 3.05) is 7.11 Å². The molecule has 4 heteroatoms. The van der Waals surface area contributed by atoms with E-state index in [4.69, 9.17) is 4.74 Å². The van der Waals surface area contributed by atoms with E-state index in [0.717, 1.165) is 5.69 Å². The summed E-state index contributed by atoms with van der Waals surface area (Å²) in [5, 5.41) is 9.55. The van der Waals surface area contributed by atoms with E-state index in [0.29, 0.717) is 6.54 Å². The summed E-state index contributed by atoms with van der Waals surface area (Å²) in [7, 11) is 1.38. The number of rotatable bonds is 4. The number of methoxy groups -OCH3 is 1. The van der Waals surface area contributed by atoms with Crippen LogP contribution in [0.3, 0.4) is 0 Å². The van der Waals surface area contributed by atoms with Gasteiger partial charge in [0, 0.05) is 18.4 Å². The van der Waals surface area contributed by atoms with Crippen molar-refractivity contribution in [2.45, 2.75) is 33.4 Å². The molecule has 0 bridgehead atoms. The van der Waals surface area contributed by atoms with E-state index in [1.165, 1.54) is 7.11 Å². The van der Waals surface area contributed by atoms with Crippen molar-refractivity contribution >= 4 is 5.97 Å². The number of esters is 1. The van der Waals surface area contributed by atoms with Gasteiger partial charge < -0.3 is 14.4 Å². The van der Waals surface area contributed by atoms with Gasteiger partial charge >= 0.3 is 5.97 Å². The molecule has 1 unspecified atom stereocenters. The van der Waals surface area contributed by atoms with Crippen LogP contribution in [0.4, 0.5) is 0 Å². The Morgan fingerprint density at radius 2 is 2.25 bits per heavy atom. The van der Waals surface area contributed by atoms with Crippen LogP contribution in [0.1, 0.15) is 32.6 Å². The Bertz CT molecular complexity index is 366. The highest BCUT2D eigenvalue weighted by Gasteiger charge is 2.29. The number of aromatic nitrogens is 1. The number of hydrogen-bond donors (Lipinski definition) is 1. The predicted molar refractivity (Wildman–Crippen MR) is 60.9 cm³/mol. The van der Waals surface area contributed by atoms with E-state index in [2.05, 4.69) is 0 Å². The Hall–Kier alpha value is -1.29. The largest absolute Gasteiger partial charge is 0.469 e. The zero-order valence-corrected chi connectivity index (χ0v) is 10.2. The summed E-state index contributed by atoms with van der Waals surface area (Å²) in [6.45, 7) is 5.85. The molecular weight excluding hydrogens is 206 g/mol. The lowest BCUT2D eigenvalue weighted by molar-refractivity contribution is -0.151. The van der Waals surface area contributed by atoms with Crippen molar-refractivity contribution in [3.05, 3.63) is 24.0 Å². The summed E-state index contributed by atoms with van der Waals surface area (Å²) in [5.41, 5.74) is 0.203. The number of ether oxygens (including phenoxy) is 1. The Labute approximate surface area is 95.8 Å². The SMILES string of the molecule is COC(=O)C(C)(C)Cn1cccc1C(C)O. The number of aliphatic hydroxyl groups is 1. The molecule has 0 saturated carbocycles. The molecule has 1 rings (SSSR count). The van der Waals surface area contributed by atoms with Gasteiger partial charge in [0.15, 0.2) is 0 Å². The molecule has 1 N–H and O–H groups in total. The quantitative estimate of drug-likeness (QED) is 0.794. The minimum Gasteiger partial charge on any atom is -0.469 e. The number of hydrogen-bond acceptors (Lipinski definition) is 3. The highest BCUT2D eigenvalue weighted by atomic mass is 16.5. The molecule has 90 valence electrons. The van der Waals surface area contributed by atoms with Gasteiger partial charge in [0.1, 0.15) is 0 Å². The molecular formula is C12H19NO3. The molecule has 0 aliphatic heterocycles. The molecule has 1 aromatic rings. The van der Waals surface area contributed by atoms with E-state index in [-0.39, 0.29) is 5.97 Å². The van der Waals surface area contributed by atoms with Crippen LogP contribution in [-0.4, -0.2) is 22.8 Å². The van der Waals surface area contributed by atoms with Crippen LogP contribution >= 0.6 is 0 Å². The third kappa shape index (κ3) is 2.64. The molecule has 0 spiro atoms. The summed E-state index contributed by atoms with van der Waals surface area (Å²) in [5.74, 6) is -0.252.